The van der Waals surface area contributed by atoms with Crippen LogP contribution in [-0.4, -0.2) is 66.5 Å². The standard InChI is InChI=1S/C21H30FN3O3/c1-15(2)25-11-9-23-21(27)19(25)12-20(26)24-10-3-4-16(13-24)14-28-18-7-5-17(22)6-8-18/h5-8,15-16,19H,3-4,9-14H2,1-2H3,(H,23,27)/t16-,19-/m1/s1. The highest BCUT2D eigenvalue weighted by atomic mass is 19.1. The van der Waals surface area contributed by atoms with Crippen LogP contribution in [0.3, 0.4) is 0 Å². The number of amides is 2. The number of nitrogens with zero attached hydrogens (tertiary/aromatic N) is 2. The summed E-state index contributed by atoms with van der Waals surface area (Å²) < 4.78 is 18.8. The van der Waals surface area contributed by atoms with Crippen LogP contribution in [0.5, 0.6) is 5.75 Å². The van der Waals surface area contributed by atoms with Crippen LogP contribution in [-0.2, 0) is 9.59 Å². The van der Waals surface area contributed by atoms with Gasteiger partial charge in [0.1, 0.15) is 11.6 Å². The van der Waals surface area contributed by atoms with Gasteiger partial charge in [-0.05, 0) is 51.0 Å². The Labute approximate surface area is 166 Å². The van der Waals surface area contributed by atoms with Gasteiger partial charge in [-0.25, -0.2) is 4.39 Å². The number of hydrogen-bond donors (Lipinski definition) is 1. The van der Waals surface area contributed by atoms with Gasteiger partial charge >= 0.3 is 0 Å². The molecule has 0 bridgehead atoms. The zero-order valence-electron chi connectivity index (χ0n) is 16.7. The molecule has 0 unspecified atom stereocenters. The third-order valence-corrected chi connectivity index (χ3v) is 5.57. The Morgan fingerprint density at radius 3 is 2.75 bits per heavy atom. The quantitative estimate of drug-likeness (QED) is 0.806. The molecule has 7 heteroatoms. The topological polar surface area (TPSA) is 61.9 Å². The van der Waals surface area contributed by atoms with E-state index in [0.29, 0.717) is 25.4 Å². The minimum absolute atomic E-state index is 0.0270. The molecule has 0 aromatic heterocycles. The average Bonchev–Trinajstić information content (AvgIpc) is 2.69. The first-order valence-corrected chi connectivity index (χ1v) is 10.1. The van der Waals surface area contributed by atoms with Gasteiger partial charge in [-0.3, -0.25) is 14.5 Å². The van der Waals surface area contributed by atoms with Crippen LogP contribution >= 0.6 is 0 Å². The lowest BCUT2D eigenvalue weighted by Crippen LogP contribution is -2.58. The predicted molar refractivity (Wildman–Crippen MR) is 104 cm³/mol. The monoisotopic (exact) mass is 391 g/mol. The number of carbonyl (C=O) groups excluding carboxylic acids is 2. The smallest absolute Gasteiger partial charge is 0.237 e. The highest BCUT2D eigenvalue weighted by Gasteiger charge is 2.35. The number of carbonyl (C=O) groups is 2. The van der Waals surface area contributed by atoms with Crippen LogP contribution < -0.4 is 10.1 Å². The maximum Gasteiger partial charge on any atom is 0.237 e. The summed E-state index contributed by atoms with van der Waals surface area (Å²) in [4.78, 5) is 29.1. The number of piperidine rings is 1. The van der Waals surface area contributed by atoms with Crippen LogP contribution in [0.2, 0.25) is 0 Å². The Morgan fingerprint density at radius 2 is 2.04 bits per heavy atom. The zero-order chi connectivity index (χ0) is 20.1. The average molecular weight is 391 g/mol. The van der Waals surface area contributed by atoms with E-state index in [-0.39, 0.29) is 36.0 Å². The second-order valence-electron chi connectivity index (χ2n) is 7.96. The molecule has 2 fully saturated rings. The summed E-state index contributed by atoms with van der Waals surface area (Å²) >= 11 is 0. The highest BCUT2D eigenvalue weighted by molar-refractivity contribution is 5.89. The fourth-order valence-corrected chi connectivity index (χ4v) is 4.03. The molecule has 1 N–H and O–H groups in total. The van der Waals surface area contributed by atoms with Gasteiger partial charge in [-0.15, -0.1) is 0 Å². The van der Waals surface area contributed by atoms with Gasteiger partial charge in [0.15, 0.2) is 0 Å². The fraction of sp³-hybridized carbons (Fsp3) is 0.619. The SMILES string of the molecule is CC(C)N1CCNC(=O)[C@H]1CC(=O)N1CCC[C@@H](COc2ccc(F)cc2)C1. The van der Waals surface area contributed by atoms with E-state index in [9.17, 15) is 14.0 Å². The predicted octanol–water partition coefficient (Wildman–Crippen LogP) is 2.04. The Morgan fingerprint density at radius 1 is 1.29 bits per heavy atom. The minimum atomic E-state index is -0.392. The molecule has 2 saturated heterocycles. The summed E-state index contributed by atoms with van der Waals surface area (Å²) in [6.07, 6.45) is 2.14. The molecule has 0 saturated carbocycles. The molecule has 28 heavy (non-hydrogen) atoms. The molecule has 1 aromatic carbocycles. The fourth-order valence-electron chi connectivity index (χ4n) is 4.03. The Bertz CT molecular complexity index is 680. The van der Waals surface area contributed by atoms with Crippen molar-refractivity contribution in [2.45, 2.75) is 45.2 Å². The second-order valence-corrected chi connectivity index (χ2v) is 7.96. The normalized spacial score (nSPS) is 23.6. The lowest BCUT2D eigenvalue weighted by atomic mass is 9.97. The van der Waals surface area contributed by atoms with Crippen LogP contribution in [0.15, 0.2) is 24.3 Å². The van der Waals surface area contributed by atoms with Crippen molar-refractivity contribution in [2.24, 2.45) is 5.92 Å². The van der Waals surface area contributed by atoms with E-state index in [1.54, 1.807) is 12.1 Å². The molecule has 0 aliphatic carbocycles. The van der Waals surface area contributed by atoms with Gasteiger partial charge in [-0.1, -0.05) is 0 Å². The lowest BCUT2D eigenvalue weighted by Gasteiger charge is -2.39. The second kappa shape index (κ2) is 9.37. The van der Waals surface area contributed by atoms with Gasteiger partial charge in [0, 0.05) is 38.1 Å². The summed E-state index contributed by atoms with van der Waals surface area (Å²) in [5.74, 6) is 0.560. The van der Waals surface area contributed by atoms with Crippen LogP contribution in [0, 0.1) is 11.7 Å². The Balaban J connectivity index is 1.53. The highest BCUT2D eigenvalue weighted by Crippen LogP contribution is 2.21. The molecule has 2 aliphatic heterocycles. The van der Waals surface area contributed by atoms with Crippen molar-refractivity contribution in [2.75, 3.05) is 32.8 Å². The number of hydrogen-bond acceptors (Lipinski definition) is 4. The van der Waals surface area contributed by atoms with E-state index in [4.69, 9.17) is 4.74 Å². The van der Waals surface area contributed by atoms with Gasteiger partial charge < -0.3 is 15.0 Å². The van der Waals surface area contributed by atoms with E-state index >= 15 is 0 Å². The van der Waals surface area contributed by atoms with Gasteiger partial charge in [-0.2, -0.15) is 0 Å². The number of ether oxygens (including phenoxy) is 1. The molecule has 6 nitrogen and oxygen atoms in total. The number of piperazine rings is 1. The van der Waals surface area contributed by atoms with Gasteiger partial charge in [0.2, 0.25) is 11.8 Å². The molecule has 2 atom stereocenters. The Hall–Kier alpha value is -2.15. The molecule has 1 aromatic rings. The van der Waals surface area contributed by atoms with Crippen molar-refractivity contribution in [1.29, 1.82) is 0 Å². The summed E-state index contributed by atoms with van der Waals surface area (Å²) in [5.41, 5.74) is 0. The molecule has 0 radical (unpaired) electrons. The van der Waals surface area contributed by atoms with Crippen molar-refractivity contribution in [3.8, 4) is 5.75 Å². The van der Waals surface area contributed by atoms with Crippen molar-refractivity contribution in [3.63, 3.8) is 0 Å². The lowest BCUT2D eigenvalue weighted by molar-refractivity contribution is -0.140. The minimum Gasteiger partial charge on any atom is -0.493 e. The molecule has 3 rings (SSSR count). The van der Waals surface area contributed by atoms with E-state index in [2.05, 4.69) is 24.1 Å². The van der Waals surface area contributed by atoms with Crippen LogP contribution in [0.4, 0.5) is 4.39 Å². The maximum atomic E-state index is 13.0. The maximum absolute atomic E-state index is 13.0. The first-order valence-electron chi connectivity index (χ1n) is 10.1. The summed E-state index contributed by atoms with van der Waals surface area (Å²) in [5, 5.41) is 2.88. The molecule has 2 amide bonds. The molecule has 154 valence electrons. The van der Waals surface area contributed by atoms with Crippen molar-refractivity contribution in [1.82, 2.24) is 15.1 Å². The van der Waals surface area contributed by atoms with Gasteiger partial charge in [0.05, 0.1) is 19.1 Å². The van der Waals surface area contributed by atoms with Gasteiger partial charge in [0.25, 0.3) is 0 Å². The van der Waals surface area contributed by atoms with E-state index in [1.807, 2.05) is 4.90 Å². The zero-order valence-corrected chi connectivity index (χ0v) is 16.7. The largest absolute Gasteiger partial charge is 0.493 e. The first kappa shape index (κ1) is 20.6. The molecular formula is C21H30FN3O3. The molecule has 0 spiro atoms. The number of likely N-dealkylation sites (tertiary alicyclic amines) is 1. The third-order valence-electron chi connectivity index (χ3n) is 5.57. The summed E-state index contributed by atoms with van der Waals surface area (Å²) in [6, 6.07) is 5.81. The number of nitrogens with one attached hydrogen (secondary N) is 1. The molecule has 2 aliphatic rings. The number of benzene rings is 1. The van der Waals surface area contributed by atoms with Crippen molar-refractivity contribution < 1.29 is 18.7 Å². The number of rotatable bonds is 6. The van der Waals surface area contributed by atoms with E-state index in [1.165, 1.54) is 12.1 Å². The molecular weight excluding hydrogens is 361 g/mol. The third kappa shape index (κ3) is 5.22. The van der Waals surface area contributed by atoms with E-state index < -0.39 is 6.04 Å². The Kier molecular flexibility index (Phi) is 6.88. The van der Waals surface area contributed by atoms with Crippen LogP contribution in [0.1, 0.15) is 33.1 Å². The van der Waals surface area contributed by atoms with Crippen molar-refractivity contribution in [3.05, 3.63) is 30.1 Å². The first-order chi connectivity index (χ1) is 13.4. The van der Waals surface area contributed by atoms with Crippen LogP contribution in [0.25, 0.3) is 0 Å². The number of halogens is 1. The summed E-state index contributed by atoms with van der Waals surface area (Å²) in [6.45, 7) is 7.37. The summed E-state index contributed by atoms with van der Waals surface area (Å²) in [7, 11) is 0. The van der Waals surface area contributed by atoms with Crippen molar-refractivity contribution >= 4 is 11.8 Å². The molecule has 2 heterocycles. The van der Waals surface area contributed by atoms with E-state index in [0.717, 1.165) is 25.9 Å².